The summed E-state index contributed by atoms with van der Waals surface area (Å²) in [5.41, 5.74) is 3.72. The van der Waals surface area contributed by atoms with Crippen LogP contribution in [0.15, 0.2) is 59.5 Å². The van der Waals surface area contributed by atoms with Gasteiger partial charge in [0.2, 0.25) is 5.91 Å². The number of nitrogens with zero attached hydrogens (tertiary/aromatic N) is 2. The van der Waals surface area contributed by atoms with E-state index < -0.39 is 11.2 Å². The van der Waals surface area contributed by atoms with Gasteiger partial charge < -0.3 is 5.32 Å². The third-order valence-corrected chi connectivity index (χ3v) is 8.40. The maximum absolute atomic E-state index is 15.8. The number of carbonyl (C=O) groups excluding carboxylic acids is 1. The second-order valence-electron chi connectivity index (χ2n) is 11.0. The molecule has 39 heavy (non-hydrogen) atoms. The highest BCUT2D eigenvalue weighted by molar-refractivity contribution is 6.31. The Hall–Kier alpha value is -3.84. The minimum atomic E-state index is -1.02. The molecule has 3 heterocycles. The molecule has 8 heteroatoms. The van der Waals surface area contributed by atoms with Gasteiger partial charge in [0, 0.05) is 28.7 Å². The molecule has 2 atom stereocenters. The van der Waals surface area contributed by atoms with E-state index in [1.165, 1.54) is 16.7 Å². The summed E-state index contributed by atoms with van der Waals surface area (Å²) in [6, 6.07) is 13.3. The van der Waals surface area contributed by atoms with Crippen molar-refractivity contribution < 1.29 is 13.6 Å². The molecule has 4 aromatic rings. The molecule has 1 amide bonds. The van der Waals surface area contributed by atoms with Crippen LogP contribution in [-0.2, 0) is 10.2 Å². The Morgan fingerprint density at radius 3 is 2.46 bits per heavy atom. The standard InChI is InChI=1S/C31H26ClF2N3O2/c1-15-14-35-24(19-9-10-23-26(28(19)34)31(3,4)30(39)36-23)13-25(15)37-16(2)11-22(27(32)29(37)38)21-12-20(21)17-5-7-18(33)8-6-17/h5-11,13-14,20-21H,12H2,1-4H3,(H,36,39)/t20-,21+/m1/s1. The predicted octanol–water partition coefficient (Wildman–Crippen LogP) is 6.95. The molecule has 6 rings (SSSR count). The van der Waals surface area contributed by atoms with Gasteiger partial charge in [0.05, 0.1) is 16.8 Å². The number of aryl methyl sites for hydroxylation is 2. The summed E-state index contributed by atoms with van der Waals surface area (Å²) in [6.07, 6.45) is 2.43. The molecule has 198 valence electrons. The molecule has 1 N–H and O–H groups in total. The number of aromatic nitrogens is 2. The number of rotatable bonds is 4. The fraction of sp³-hybridized carbons (Fsp3) is 0.258. The van der Waals surface area contributed by atoms with Crippen LogP contribution in [-0.4, -0.2) is 15.5 Å². The van der Waals surface area contributed by atoms with Crippen LogP contribution in [0, 0.1) is 25.5 Å². The van der Waals surface area contributed by atoms with Gasteiger partial charge in [0.25, 0.3) is 5.56 Å². The zero-order valence-corrected chi connectivity index (χ0v) is 22.7. The first-order chi connectivity index (χ1) is 18.5. The molecule has 1 fully saturated rings. The summed E-state index contributed by atoms with van der Waals surface area (Å²) in [6.45, 7) is 7.03. The average Bonchev–Trinajstić information content (AvgIpc) is 3.64. The molecule has 0 saturated heterocycles. The first kappa shape index (κ1) is 25.4. The molecule has 0 spiro atoms. The number of halogens is 3. The molecular formula is C31H26ClF2N3O2. The molecule has 2 aromatic heterocycles. The summed E-state index contributed by atoms with van der Waals surface area (Å²) < 4.78 is 30.7. The van der Waals surface area contributed by atoms with E-state index in [9.17, 15) is 14.0 Å². The first-order valence-electron chi connectivity index (χ1n) is 12.8. The lowest BCUT2D eigenvalue weighted by molar-refractivity contribution is -0.119. The molecule has 0 unspecified atom stereocenters. The quantitative estimate of drug-likeness (QED) is 0.302. The lowest BCUT2D eigenvalue weighted by Gasteiger charge is -2.19. The normalized spacial score (nSPS) is 19.1. The molecule has 1 saturated carbocycles. The SMILES string of the molecule is Cc1cnc(-c2ccc3c(c2F)C(C)(C)C(=O)N3)cc1-n1c(C)cc([C@H]2C[C@@H]2c2ccc(F)cc2)c(Cl)c1=O. The third-order valence-electron chi connectivity index (χ3n) is 8.02. The van der Waals surface area contributed by atoms with Crippen LogP contribution in [0.2, 0.25) is 5.02 Å². The number of nitrogens with one attached hydrogen (secondary N) is 1. The average molecular weight is 546 g/mol. The number of carbonyl (C=O) groups is 1. The molecule has 2 aromatic carbocycles. The van der Waals surface area contributed by atoms with Crippen LogP contribution in [0.3, 0.4) is 0 Å². The monoisotopic (exact) mass is 545 g/mol. The van der Waals surface area contributed by atoms with Crippen LogP contribution in [0.5, 0.6) is 0 Å². The minimum absolute atomic E-state index is 0.0818. The van der Waals surface area contributed by atoms with E-state index in [1.807, 2.05) is 19.9 Å². The van der Waals surface area contributed by atoms with Crippen molar-refractivity contribution in [2.45, 2.75) is 51.4 Å². The van der Waals surface area contributed by atoms with Gasteiger partial charge >= 0.3 is 0 Å². The summed E-state index contributed by atoms with van der Waals surface area (Å²) in [5, 5.41) is 2.88. The third kappa shape index (κ3) is 3.98. The summed E-state index contributed by atoms with van der Waals surface area (Å²) in [7, 11) is 0. The van der Waals surface area contributed by atoms with Crippen LogP contribution >= 0.6 is 11.6 Å². The fourth-order valence-electron chi connectivity index (χ4n) is 5.70. The summed E-state index contributed by atoms with van der Waals surface area (Å²) in [5.74, 6) is -0.802. The zero-order valence-electron chi connectivity index (χ0n) is 21.9. The molecule has 0 radical (unpaired) electrons. The highest BCUT2D eigenvalue weighted by atomic mass is 35.5. The molecular weight excluding hydrogens is 520 g/mol. The van der Waals surface area contributed by atoms with E-state index in [2.05, 4.69) is 10.3 Å². The van der Waals surface area contributed by atoms with Crippen LogP contribution in [0.1, 0.15) is 60.1 Å². The number of benzene rings is 2. The zero-order chi connectivity index (χ0) is 27.8. The van der Waals surface area contributed by atoms with E-state index in [4.69, 9.17) is 11.6 Å². The highest BCUT2D eigenvalue weighted by Gasteiger charge is 2.42. The molecule has 2 aliphatic rings. The number of hydrogen-bond acceptors (Lipinski definition) is 3. The summed E-state index contributed by atoms with van der Waals surface area (Å²) >= 11 is 6.67. The highest BCUT2D eigenvalue weighted by Crippen LogP contribution is 2.56. The van der Waals surface area contributed by atoms with Gasteiger partial charge in [-0.3, -0.25) is 19.1 Å². The van der Waals surface area contributed by atoms with Crippen molar-refractivity contribution in [2.75, 3.05) is 5.32 Å². The van der Waals surface area contributed by atoms with Gasteiger partial charge in [-0.25, -0.2) is 8.78 Å². The van der Waals surface area contributed by atoms with Crippen molar-refractivity contribution in [2.24, 2.45) is 0 Å². The fourth-order valence-corrected chi connectivity index (χ4v) is 5.98. The van der Waals surface area contributed by atoms with Crippen molar-refractivity contribution in [3.05, 3.63) is 110 Å². The summed E-state index contributed by atoms with van der Waals surface area (Å²) in [4.78, 5) is 30.4. The predicted molar refractivity (Wildman–Crippen MR) is 148 cm³/mol. The molecule has 1 aliphatic carbocycles. The van der Waals surface area contributed by atoms with Crippen LogP contribution < -0.4 is 10.9 Å². The molecule has 5 nitrogen and oxygen atoms in total. The van der Waals surface area contributed by atoms with Gasteiger partial charge in [-0.1, -0.05) is 23.7 Å². The lowest BCUT2D eigenvalue weighted by Crippen LogP contribution is -2.27. The van der Waals surface area contributed by atoms with Crippen molar-refractivity contribution >= 4 is 23.2 Å². The maximum atomic E-state index is 15.8. The largest absolute Gasteiger partial charge is 0.325 e. The van der Waals surface area contributed by atoms with Crippen molar-refractivity contribution in [3.8, 4) is 16.9 Å². The lowest BCUT2D eigenvalue weighted by atomic mass is 9.84. The number of fused-ring (bicyclic) bond motifs is 1. The van der Waals surface area contributed by atoms with E-state index >= 15 is 4.39 Å². The van der Waals surface area contributed by atoms with Gasteiger partial charge in [-0.2, -0.15) is 0 Å². The smallest absolute Gasteiger partial charge is 0.274 e. The minimum Gasteiger partial charge on any atom is -0.325 e. The van der Waals surface area contributed by atoms with E-state index in [1.54, 1.807) is 50.4 Å². The van der Waals surface area contributed by atoms with Crippen LogP contribution in [0.4, 0.5) is 14.5 Å². The number of amides is 1. The maximum Gasteiger partial charge on any atom is 0.274 e. The number of hydrogen-bond donors (Lipinski definition) is 1. The number of pyridine rings is 2. The molecule has 0 bridgehead atoms. The Kier molecular flexibility index (Phi) is 5.77. The van der Waals surface area contributed by atoms with Crippen molar-refractivity contribution in [1.82, 2.24) is 9.55 Å². The first-order valence-corrected chi connectivity index (χ1v) is 13.2. The Bertz CT molecular complexity index is 1740. The van der Waals surface area contributed by atoms with Crippen LogP contribution in [0.25, 0.3) is 16.9 Å². The van der Waals surface area contributed by atoms with E-state index in [0.717, 1.165) is 23.1 Å². The number of anilines is 1. The van der Waals surface area contributed by atoms with E-state index in [-0.39, 0.29) is 39.7 Å². The van der Waals surface area contributed by atoms with Gasteiger partial charge in [0.15, 0.2) is 0 Å². The van der Waals surface area contributed by atoms with Crippen molar-refractivity contribution in [3.63, 3.8) is 0 Å². The Morgan fingerprint density at radius 2 is 1.74 bits per heavy atom. The van der Waals surface area contributed by atoms with Gasteiger partial charge in [-0.15, -0.1) is 0 Å². The van der Waals surface area contributed by atoms with Gasteiger partial charge in [-0.05, 0) is 99.0 Å². The van der Waals surface area contributed by atoms with E-state index in [0.29, 0.717) is 28.3 Å². The van der Waals surface area contributed by atoms with Gasteiger partial charge in [0.1, 0.15) is 16.7 Å². The Balaban J connectivity index is 1.41. The molecule has 1 aliphatic heterocycles. The topological polar surface area (TPSA) is 64.0 Å². The Labute approximate surface area is 229 Å². The second kappa shape index (κ2) is 8.85. The second-order valence-corrected chi connectivity index (χ2v) is 11.4. The Morgan fingerprint density at radius 1 is 1.03 bits per heavy atom. The van der Waals surface area contributed by atoms with Crippen molar-refractivity contribution in [1.29, 1.82) is 0 Å².